The minimum atomic E-state index is -0.599. The largest absolute Gasteiger partial charge is 0.368 e. The molecule has 100 valence electrons. The van der Waals surface area contributed by atoms with Gasteiger partial charge in [-0.2, -0.15) is 10.1 Å². The van der Waals surface area contributed by atoms with Gasteiger partial charge in [0, 0.05) is 22.1 Å². The fourth-order valence-corrected chi connectivity index (χ4v) is 2.28. The van der Waals surface area contributed by atoms with Crippen molar-refractivity contribution in [2.45, 2.75) is 0 Å². The number of anilines is 1. The first-order valence-electron chi connectivity index (χ1n) is 5.63. The summed E-state index contributed by atoms with van der Waals surface area (Å²) in [6.45, 7) is 0. The monoisotopic (exact) mass is 332 g/mol. The van der Waals surface area contributed by atoms with Gasteiger partial charge in [-0.25, -0.2) is 9.67 Å². The summed E-state index contributed by atoms with van der Waals surface area (Å²) in [5.41, 5.74) is 11.8. The Labute approximate surface area is 121 Å². The van der Waals surface area contributed by atoms with Crippen molar-refractivity contribution in [1.29, 1.82) is 0 Å². The third-order valence-corrected chi connectivity index (χ3v) is 3.25. The highest BCUT2D eigenvalue weighted by Crippen LogP contribution is 2.24. The third kappa shape index (κ3) is 1.99. The molecule has 0 unspecified atom stereocenters. The maximum absolute atomic E-state index is 11.5. The summed E-state index contributed by atoms with van der Waals surface area (Å²) in [6.07, 6.45) is 1.52. The number of carbonyl (C=O) groups excluding carboxylic acids is 1. The summed E-state index contributed by atoms with van der Waals surface area (Å²) in [5, 5.41) is 4.87. The molecule has 0 saturated heterocycles. The molecule has 1 aromatic carbocycles. The molecule has 0 radical (unpaired) electrons. The minimum Gasteiger partial charge on any atom is -0.368 e. The van der Waals surface area contributed by atoms with Gasteiger partial charge >= 0.3 is 0 Å². The van der Waals surface area contributed by atoms with E-state index in [4.69, 9.17) is 11.5 Å². The normalized spacial score (nSPS) is 10.8. The number of primary amides is 1. The molecule has 8 heteroatoms. The van der Waals surface area contributed by atoms with Crippen molar-refractivity contribution in [2.24, 2.45) is 5.73 Å². The van der Waals surface area contributed by atoms with Crippen molar-refractivity contribution in [3.63, 3.8) is 0 Å². The predicted molar refractivity (Wildman–Crippen MR) is 77.3 cm³/mol. The van der Waals surface area contributed by atoms with Gasteiger partial charge in [-0.15, -0.1) is 0 Å². The molecule has 3 rings (SSSR count). The van der Waals surface area contributed by atoms with Crippen LogP contribution in [0.3, 0.4) is 0 Å². The fourth-order valence-electron chi connectivity index (χ4n) is 1.93. The maximum atomic E-state index is 11.5. The van der Waals surface area contributed by atoms with Crippen LogP contribution in [0.1, 0.15) is 10.5 Å². The van der Waals surface area contributed by atoms with Crippen molar-refractivity contribution < 1.29 is 4.79 Å². The lowest BCUT2D eigenvalue weighted by Gasteiger charge is -2.02. The fraction of sp³-hybridized carbons (Fsp3) is 0. The lowest BCUT2D eigenvalue weighted by molar-refractivity contribution is 0.0996. The number of halogens is 1. The molecule has 7 nitrogen and oxygen atoms in total. The first kappa shape index (κ1) is 12.5. The van der Waals surface area contributed by atoms with Crippen LogP contribution in [0.25, 0.3) is 16.7 Å². The van der Waals surface area contributed by atoms with Gasteiger partial charge in [0.2, 0.25) is 5.95 Å². The van der Waals surface area contributed by atoms with Gasteiger partial charge in [0.15, 0.2) is 11.5 Å². The lowest BCUT2D eigenvalue weighted by Crippen LogP contribution is -2.13. The summed E-state index contributed by atoms with van der Waals surface area (Å²) >= 11 is 3.39. The first-order chi connectivity index (χ1) is 9.56. The van der Waals surface area contributed by atoms with E-state index in [1.165, 1.54) is 10.9 Å². The Morgan fingerprint density at radius 2 is 2.10 bits per heavy atom. The molecule has 0 aliphatic rings. The van der Waals surface area contributed by atoms with Crippen LogP contribution in [0.15, 0.2) is 34.9 Å². The van der Waals surface area contributed by atoms with E-state index in [2.05, 4.69) is 31.0 Å². The van der Waals surface area contributed by atoms with Crippen molar-refractivity contribution >= 4 is 38.7 Å². The van der Waals surface area contributed by atoms with Crippen molar-refractivity contribution in [1.82, 2.24) is 19.7 Å². The molecule has 3 aromatic rings. The number of hydrogen-bond acceptors (Lipinski definition) is 5. The summed E-state index contributed by atoms with van der Waals surface area (Å²) in [4.78, 5) is 19.4. The number of fused-ring (bicyclic) bond motifs is 1. The molecule has 2 aromatic heterocycles. The average Bonchev–Trinajstić information content (AvgIpc) is 2.77. The van der Waals surface area contributed by atoms with Gasteiger partial charge in [-0.1, -0.05) is 15.9 Å². The van der Waals surface area contributed by atoms with Crippen LogP contribution in [0.5, 0.6) is 0 Å². The number of hydrogen-bond donors (Lipinski definition) is 2. The molecule has 0 spiro atoms. The van der Waals surface area contributed by atoms with Crippen LogP contribution in [0.2, 0.25) is 0 Å². The zero-order valence-corrected chi connectivity index (χ0v) is 11.7. The Morgan fingerprint density at radius 1 is 1.30 bits per heavy atom. The minimum absolute atomic E-state index is 0.127. The lowest BCUT2D eigenvalue weighted by atomic mass is 10.2. The van der Waals surface area contributed by atoms with E-state index in [1.54, 1.807) is 12.1 Å². The number of benzene rings is 1. The zero-order valence-electron chi connectivity index (χ0n) is 10.1. The summed E-state index contributed by atoms with van der Waals surface area (Å²) in [7, 11) is 0. The number of carbonyl (C=O) groups is 1. The highest BCUT2D eigenvalue weighted by atomic mass is 79.9. The molecule has 0 aliphatic carbocycles. The molecule has 0 saturated carbocycles. The van der Waals surface area contributed by atoms with Gasteiger partial charge in [-0.3, -0.25) is 4.79 Å². The van der Waals surface area contributed by atoms with Crippen molar-refractivity contribution in [3.05, 3.63) is 40.6 Å². The van der Waals surface area contributed by atoms with Crippen LogP contribution in [0, 0.1) is 0 Å². The zero-order chi connectivity index (χ0) is 14.3. The summed E-state index contributed by atoms with van der Waals surface area (Å²) in [6, 6.07) is 7.06. The average molecular weight is 333 g/mol. The number of rotatable bonds is 2. The van der Waals surface area contributed by atoms with E-state index in [0.29, 0.717) is 16.7 Å². The predicted octanol–water partition coefficient (Wildman–Crippen LogP) is 1.26. The molecule has 0 atom stereocenters. The molecule has 4 N–H and O–H groups in total. The Morgan fingerprint density at radius 3 is 2.80 bits per heavy atom. The third-order valence-electron chi connectivity index (χ3n) is 2.75. The van der Waals surface area contributed by atoms with Crippen LogP contribution in [-0.4, -0.2) is 25.7 Å². The molecular weight excluding hydrogens is 324 g/mol. The Balaban J connectivity index is 2.35. The maximum Gasteiger partial charge on any atom is 0.269 e. The SMILES string of the molecule is NC(=O)c1nn(-c2ccnc(N)n2)c2cc(Br)ccc12. The van der Waals surface area contributed by atoms with E-state index in [-0.39, 0.29) is 11.6 Å². The number of nitrogens with zero attached hydrogens (tertiary/aromatic N) is 4. The van der Waals surface area contributed by atoms with Gasteiger partial charge in [0.1, 0.15) is 0 Å². The standard InChI is InChI=1S/C12H9BrN6O/c13-6-1-2-7-8(5-6)19(18-10(7)11(14)20)9-3-4-16-12(15)17-9/h1-5H,(H2,14,20)(H2,15,16,17). The van der Waals surface area contributed by atoms with Gasteiger partial charge in [-0.05, 0) is 18.2 Å². The first-order valence-corrected chi connectivity index (χ1v) is 6.42. The highest BCUT2D eigenvalue weighted by molar-refractivity contribution is 9.10. The second-order valence-corrected chi connectivity index (χ2v) is 4.97. The van der Waals surface area contributed by atoms with E-state index in [1.807, 2.05) is 12.1 Å². The second-order valence-electron chi connectivity index (χ2n) is 4.06. The van der Waals surface area contributed by atoms with E-state index >= 15 is 0 Å². The molecule has 0 bridgehead atoms. The van der Waals surface area contributed by atoms with Gasteiger partial charge in [0.05, 0.1) is 5.52 Å². The topological polar surface area (TPSA) is 113 Å². The molecule has 1 amide bonds. The Bertz CT molecular complexity index is 828. The number of nitrogens with two attached hydrogens (primary N) is 2. The number of aromatic nitrogens is 4. The Kier molecular flexibility index (Phi) is 2.87. The molecule has 0 aliphatic heterocycles. The van der Waals surface area contributed by atoms with Crippen LogP contribution < -0.4 is 11.5 Å². The number of nitrogen functional groups attached to an aromatic ring is 1. The van der Waals surface area contributed by atoms with Crippen LogP contribution in [0.4, 0.5) is 5.95 Å². The van der Waals surface area contributed by atoms with Crippen LogP contribution >= 0.6 is 15.9 Å². The quantitative estimate of drug-likeness (QED) is 0.733. The van der Waals surface area contributed by atoms with E-state index < -0.39 is 5.91 Å². The van der Waals surface area contributed by atoms with Crippen molar-refractivity contribution in [3.8, 4) is 5.82 Å². The molecular formula is C12H9BrN6O. The summed E-state index contributed by atoms with van der Waals surface area (Å²) in [5.74, 6) is -0.00651. The second kappa shape index (κ2) is 4.57. The molecule has 0 fully saturated rings. The number of amides is 1. The van der Waals surface area contributed by atoms with Crippen LogP contribution in [-0.2, 0) is 0 Å². The molecule has 2 heterocycles. The Hall–Kier alpha value is -2.48. The van der Waals surface area contributed by atoms with Gasteiger partial charge in [0.25, 0.3) is 5.91 Å². The smallest absolute Gasteiger partial charge is 0.269 e. The van der Waals surface area contributed by atoms with E-state index in [9.17, 15) is 4.79 Å². The summed E-state index contributed by atoms with van der Waals surface area (Å²) < 4.78 is 2.36. The van der Waals surface area contributed by atoms with E-state index in [0.717, 1.165) is 4.47 Å². The highest BCUT2D eigenvalue weighted by Gasteiger charge is 2.16. The van der Waals surface area contributed by atoms with Crippen molar-refractivity contribution in [2.75, 3.05) is 5.73 Å². The molecule has 20 heavy (non-hydrogen) atoms. The van der Waals surface area contributed by atoms with Gasteiger partial charge < -0.3 is 11.5 Å².